The van der Waals surface area contributed by atoms with Crippen LogP contribution in [0, 0.1) is 0 Å². The summed E-state index contributed by atoms with van der Waals surface area (Å²) < 4.78 is 27.0. The fraction of sp³-hybridized carbons (Fsp3) is 0.240. The minimum atomic E-state index is -0.640. The first-order valence-electron chi connectivity index (χ1n) is 10.8. The van der Waals surface area contributed by atoms with E-state index in [1.54, 1.807) is 43.7 Å². The number of methoxy groups -OCH3 is 1. The second kappa shape index (κ2) is 9.30. The highest BCUT2D eigenvalue weighted by Crippen LogP contribution is 2.34. The van der Waals surface area contributed by atoms with Crippen LogP contribution in [0.3, 0.4) is 0 Å². The number of amides is 1. The Morgan fingerprint density at radius 2 is 1.85 bits per heavy atom. The molecule has 9 nitrogen and oxygen atoms in total. The van der Waals surface area contributed by atoms with Crippen molar-refractivity contribution in [3.63, 3.8) is 0 Å². The Morgan fingerprint density at radius 3 is 2.59 bits per heavy atom. The van der Waals surface area contributed by atoms with Gasteiger partial charge in [-0.3, -0.25) is 4.79 Å². The minimum absolute atomic E-state index is 0.267. The highest BCUT2D eigenvalue weighted by molar-refractivity contribution is 6.03. The van der Waals surface area contributed by atoms with Gasteiger partial charge in [0, 0.05) is 6.42 Å². The average Bonchev–Trinajstić information content (AvgIpc) is 3.57. The van der Waals surface area contributed by atoms with Crippen molar-refractivity contribution < 1.29 is 33.0 Å². The number of esters is 1. The first-order chi connectivity index (χ1) is 16.6. The standard InChI is InChI=1S/C25H22N2O7/c1-30-18-7-4-16(5-8-18)19-14-20(21-3-2-10-31-21)27(26-19)24(28)15-34-25(29)17-6-9-22-23(13-17)33-12-11-32-22/h2-10,13,20H,11-12,14-15H2,1H3. The third kappa shape index (κ3) is 4.32. The van der Waals surface area contributed by atoms with Crippen molar-refractivity contribution in [3.05, 3.63) is 77.7 Å². The lowest BCUT2D eigenvalue weighted by atomic mass is 10.0. The van der Waals surface area contributed by atoms with Crippen molar-refractivity contribution in [1.29, 1.82) is 0 Å². The summed E-state index contributed by atoms with van der Waals surface area (Å²) in [5.41, 5.74) is 1.85. The van der Waals surface area contributed by atoms with Crippen LogP contribution in [0.1, 0.15) is 34.1 Å². The summed E-state index contributed by atoms with van der Waals surface area (Å²) in [5.74, 6) is 1.26. The van der Waals surface area contributed by atoms with Gasteiger partial charge in [-0.2, -0.15) is 5.10 Å². The first kappa shape index (κ1) is 21.6. The Bertz CT molecular complexity index is 1220. The number of hydrogen-bond acceptors (Lipinski definition) is 8. The van der Waals surface area contributed by atoms with Crippen LogP contribution in [-0.2, 0) is 9.53 Å². The number of furan rings is 1. The van der Waals surface area contributed by atoms with Crippen LogP contribution in [-0.4, -0.2) is 49.5 Å². The molecule has 1 amide bonds. The van der Waals surface area contributed by atoms with Gasteiger partial charge in [-0.15, -0.1) is 0 Å². The Morgan fingerprint density at radius 1 is 1.06 bits per heavy atom. The second-order valence-corrected chi connectivity index (χ2v) is 7.68. The fourth-order valence-corrected chi connectivity index (χ4v) is 3.85. The van der Waals surface area contributed by atoms with E-state index in [2.05, 4.69) is 5.10 Å². The highest BCUT2D eigenvalue weighted by atomic mass is 16.6. The zero-order chi connectivity index (χ0) is 23.5. The lowest BCUT2D eigenvalue weighted by molar-refractivity contribution is -0.136. The first-order valence-corrected chi connectivity index (χ1v) is 10.8. The number of fused-ring (bicyclic) bond motifs is 1. The number of carbonyl (C=O) groups is 2. The maximum absolute atomic E-state index is 13.0. The zero-order valence-electron chi connectivity index (χ0n) is 18.4. The van der Waals surface area contributed by atoms with E-state index in [1.807, 2.05) is 24.3 Å². The molecule has 9 heteroatoms. The lowest BCUT2D eigenvalue weighted by Gasteiger charge is -2.20. The van der Waals surface area contributed by atoms with E-state index >= 15 is 0 Å². The van der Waals surface area contributed by atoms with Gasteiger partial charge in [0.05, 0.1) is 24.6 Å². The van der Waals surface area contributed by atoms with E-state index in [0.29, 0.717) is 36.9 Å². The maximum atomic E-state index is 13.0. The summed E-state index contributed by atoms with van der Waals surface area (Å²) in [6, 6.07) is 15.3. The fourth-order valence-electron chi connectivity index (χ4n) is 3.85. The van der Waals surface area contributed by atoms with Gasteiger partial charge in [-0.05, 0) is 60.2 Å². The third-order valence-electron chi connectivity index (χ3n) is 5.57. The molecule has 0 spiro atoms. The molecule has 174 valence electrons. The topological polar surface area (TPSA) is 99.8 Å². The van der Waals surface area contributed by atoms with Crippen molar-refractivity contribution in [2.45, 2.75) is 12.5 Å². The number of hydrazone groups is 1. The molecule has 34 heavy (non-hydrogen) atoms. The van der Waals surface area contributed by atoms with Gasteiger partial charge in [0.25, 0.3) is 5.91 Å². The van der Waals surface area contributed by atoms with Crippen LogP contribution >= 0.6 is 0 Å². The van der Waals surface area contributed by atoms with E-state index in [4.69, 9.17) is 23.4 Å². The van der Waals surface area contributed by atoms with Crippen molar-refractivity contribution in [3.8, 4) is 17.2 Å². The van der Waals surface area contributed by atoms with E-state index in [1.165, 1.54) is 5.01 Å². The molecule has 2 aliphatic rings. The molecule has 3 heterocycles. The van der Waals surface area contributed by atoms with Gasteiger partial charge >= 0.3 is 5.97 Å². The molecule has 2 aromatic carbocycles. The predicted octanol–water partition coefficient (Wildman–Crippen LogP) is 3.59. The number of rotatable bonds is 6. The molecule has 0 aliphatic carbocycles. The monoisotopic (exact) mass is 462 g/mol. The van der Waals surface area contributed by atoms with Gasteiger partial charge in [-0.25, -0.2) is 9.80 Å². The second-order valence-electron chi connectivity index (χ2n) is 7.68. The van der Waals surface area contributed by atoms with Crippen LogP contribution < -0.4 is 14.2 Å². The Hall–Kier alpha value is -4.27. The molecule has 2 aliphatic heterocycles. The number of carbonyl (C=O) groups excluding carboxylic acids is 2. The number of benzene rings is 2. The molecule has 0 radical (unpaired) electrons. The third-order valence-corrected chi connectivity index (χ3v) is 5.57. The Labute approximate surface area is 195 Å². The number of nitrogens with zero attached hydrogens (tertiary/aromatic N) is 2. The van der Waals surface area contributed by atoms with Gasteiger partial charge in [-0.1, -0.05) is 0 Å². The summed E-state index contributed by atoms with van der Waals surface area (Å²) >= 11 is 0. The van der Waals surface area contributed by atoms with Crippen LogP contribution in [0.2, 0.25) is 0 Å². The minimum Gasteiger partial charge on any atom is -0.497 e. The average molecular weight is 462 g/mol. The summed E-state index contributed by atoms with van der Waals surface area (Å²) in [7, 11) is 1.60. The van der Waals surface area contributed by atoms with Crippen LogP contribution in [0.5, 0.6) is 17.2 Å². The van der Waals surface area contributed by atoms with Crippen molar-refractivity contribution >= 4 is 17.6 Å². The molecule has 0 saturated heterocycles. The molecule has 0 N–H and O–H groups in total. The van der Waals surface area contributed by atoms with Gasteiger partial charge < -0.3 is 23.4 Å². The van der Waals surface area contributed by atoms with E-state index in [-0.39, 0.29) is 5.56 Å². The number of ether oxygens (including phenoxy) is 4. The molecular formula is C25H22N2O7. The molecule has 1 unspecified atom stereocenters. The number of hydrogen-bond donors (Lipinski definition) is 0. The zero-order valence-corrected chi connectivity index (χ0v) is 18.4. The largest absolute Gasteiger partial charge is 0.497 e. The van der Waals surface area contributed by atoms with Gasteiger partial charge in [0.2, 0.25) is 0 Å². The molecule has 0 bridgehead atoms. The van der Waals surface area contributed by atoms with Crippen LogP contribution in [0.4, 0.5) is 0 Å². The normalized spacial score (nSPS) is 16.7. The molecular weight excluding hydrogens is 440 g/mol. The molecule has 3 aromatic rings. The van der Waals surface area contributed by atoms with E-state index in [9.17, 15) is 9.59 Å². The van der Waals surface area contributed by atoms with Crippen molar-refractivity contribution in [2.24, 2.45) is 5.10 Å². The van der Waals surface area contributed by atoms with Gasteiger partial charge in [0.1, 0.15) is 30.8 Å². The smallest absolute Gasteiger partial charge is 0.338 e. The molecule has 0 saturated carbocycles. The molecule has 0 fully saturated rings. The van der Waals surface area contributed by atoms with E-state index < -0.39 is 24.5 Å². The summed E-state index contributed by atoms with van der Waals surface area (Å²) in [4.78, 5) is 25.6. The molecule has 5 rings (SSSR count). The van der Waals surface area contributed by atoms with Crippen LogP contribution in [0.25, 0.3) is 0 Å². The lowest BCUT2D eigenvalue weighted by Crippen LogP contribution is -2.31. The van der Waals surface area contributed by atoms with Crippen LogP contribution in [0.15, 0.2) is 70.4 Å². The highest BCUT2D eigenvalue weighted by Gasteiger charge is 2.35. The summed E-state index contributed by atoms with van der Waals surface area (Å²) in [6.45, 7) is 0.391. The quantitative estimate of drug-likeness (QED) is 0.516. The van der Waals surface area contributed by atoms with E-state index in [0.717, 1.165) is 17.0 Å². The molecule has 1 aromatic heterocycles. The van der Waals surface area contributed by atoms with Crippen molar-refractivity contribution in [1.82, 2.24) is 5.01 Å². The predicted molar refractivity (Wildman–Crippen MR) is 120 cm³/mol. The molecule has 1 atom stereocenters. The Kier molecular flexibility index (Phi) is 5.90. The SMILES string of the molecule is COc1ccc(C2=NN(C(=O)COC(=O)c3ccc4c(c3)OCCO4)C(c3ccco3)C2)cc1. The summed E-state index contributed by atoms with van der Waals surface area (Å²) in [6.07, 6.45) is 2.01. The Balaban J connectivity index is 1.30. The van der Waals surface area contributed by atoms with Gasteiger partial charge in [0.15, 0.2) is 18.1 Å². The maximum Gasteiger partial charge on any atom is 0.338 e. The van der Waals surface area contributed by atoms with Crippen molar-refractivity contribution in [2.75, 3.05) is 26.9 Å². The summed E-state index contributed by atoms with van der Waals surface area (Å²) in [5, 5.41) is 5.85.